The number of ether oxygens (including phenoxy) is 1. The molecule has 0 radical (unpaired) electrons. The Bertz CT molecular complexity index is 791. The number of furan rings is 1. The van der Waals surface area contributed by atoms with Crippen molar-refractivity contribution >= 4 is 5.91 Å². The maximum atomic E-state index is 12.1. The standard InChI is InChI=1S/C20H19NO3/c1-15-7-9-17(10-8-15)23-19-12-11-18(24-19)20(22)21-14-13-16-5-3-2-4-6-16/h2-12H,13-14H2,1H3,(H,21,22). The van der Waals surface area contributed by atoms with Gasteiger partial charge in [0, 0.05) is 12.6 Å². The van der Waals surface area contributed by atoms with E-state index in [9.17, 15) is 4.79 Å². The van der Waals surface area contributed by atoms with Gasteiger partial charge in [-0.2, -0.15) is 0 Å². The molecular weight excluding hydrogens is 302 g/mol. The first-order chi connectivity index (χ1) is 11.7. The molecule has 0 fully saturated rings. The first-order valence-electron chi connectivity index (χ1n) is 7.87. The predicted octanol–water partition coefficient (Wildman–Crippen LogP) is 4.35. The first kappa shape index (κ1) is 15.9. The lowest BCUT2D eigenvalue weighted by Crippen LogP contribution is -2.25. The molecule has 2 aromatic carbocycles. The first-order valence-corrected chi connectivity index (χ1v) is 7.87. The van der Waals surface area contributed by atoms with Gasteiger partial charge in [0.15, 0.2) is 5.76 Å². The molecule has 0 aliphatic rings. The predicted molar refractivity (Wildman–Crippen MR) is 92.4 cm³/mol. The quantitative estimate of drug-likeness (QED) is 0.734. The second-order valence-corrected chi connectivity index (χ2v) is 5.53. The summed E-state index contributed by atoms with van der Waals surface area (Å²) in [6.07, 6.45) is 0.778. The fraction of sp³-hybridized carbons (Fsp3) is 0.150. The van der Waals surface area contributed by atoms with Crippen molar-refractivity contribution in [2.45, 2.75) is 13.3 Å². The number of benzene rings is 2. The summed E-state index contributed by atoms with van der Waals surface area (Å²) in [5, 5.41) is 2.84. The van der Waals surface area contributed by atoms with Gasteiger partial charge in [0.1, 0.15) is 5.75 Å². The van der Waals surface area contributed by atoms with Crippen molar-refractivity contribution in [3.8, 4) is 11.7 Å². The largest absolute Gasteiger partial charge is 0.426 e. The fourth-order valence-electron chi connectivity index (χ4n) is 2.27. The van der Waals surface area contributed by atoms with Crippen LogP contribution < -0.4 is 10.1 Å². The summed E-state index contributed by atoms with van der Waals surface area (Å²) in [5.74, 6) is 0.966. The molecule has 1 N–H and O–H groups in total. The molecule has 0 atom stereocenters. The molecule has 0 bridgehead atoms. The highest BCUT2D eigenvalue weighted by atomic mass is 16.6. The molecule has 1 amide bonds. The number of aryl methyl sites for hydroxylation is 1. The van der Waals surface area contributed by atoms with Crippen LogP contribution >= 0.6 is 0 Å². The number of hydrogen-bond acceptors (Lipinski definition) is 3. The summed E-state index contributed by atoms with van der Waals surface area (Å²) in [6.45, 7) is 2.56. The van der Waals surface area contributed by atoms with Gasteiger partial charge >= 0.3 is 0 Å². The van der Waals surface area contributed by atoms with Gasteiger partial charge in [-0.25, -0.2) is 0 Å². The van der Waals surface area contributed by atoms with E-state index in [1.54, 1.807) is 12.1 Å². The van der Waals surface area contributed by atoms with Gasteiger partial charge in [-0.1, -0.05) is 48.0 Å². The van der Waals surface area contributed by atoms with E-state index in [1.807, 2.05) is 61.5 Å². The lowest BCUT2D eigenvalue weighted by Gasteiger charge is -2.04. The van der Waals surface area contributed by atoms with E-state index in [0.29, 0.717) is 18.2 Å². The highest BCUT2D eigenvalue weighted by Crippen LogP contribution is 2.23. The van der Waals surface area contributed by atoms with Crippen LogP contribution in [-0.4, -0.2) is 12.5 Å². The zero-order valence-electron chi connectivity index (χ0n) is 13.5. The summed E-state index contributed by atoms with van der Waals surface area (Å²) in [5.41, 5.74) is 2.33. The molecule has 1 aromatic heterocycles. The molecule has 3 rings (SSSR count). The average molecular weight is 321 g/mol. The molecule has 122 valence electrons. The van der Waals surface area contributed by atoms with Crippen molar-refractivity contribution in [2.75, 3.05) is 6.54 Å². The SMILES string of the molecule is Cc1ccc(Oc2ccc(C(=O)NCCc3ccccc3)o2)cc1. The second-order valence-electron chi connectivity index (χ2n) is 5.53. The minimum absolute atomic E-state index is 0.241. The fourth-order valence-corrected chi connectivity index (χ4v) is 2.27. The molecule has 1 heterocycles. The Morgan fingerprint density at radius 3 is 2.50 bits per heavy atom. The number of amides is 1. The number of nitrogens with one attached hydrogen (secondary N) is 1. The van der Waals surface area contributed by atoms with Gasteiger partial charge in [-0.3, -0.25) is 4.79 Å². The van der Waals surface area contributed by atoms with Gasteiger partial charge in [-0.15, -0.1) is 0 Å². The summed E-state index contributed by atoms with van der Waals surface area (Å²) < 4.78 is 11.0. The number of rotatable bonds is 6. The molecule has 4 nitrogen and oxygen atoms in total. The Morgan fingerprint density at radius 1 is 1.00 bits per heavy atom. The monoisotopic (exact) mass is 321 g/mol. The van der Waals surface area contributed by atoms with Crippen LogP contribution in [0.25, 0.3) is 0 Å². The zero-order chi connectivity index (χ0) is 16.8. The highest BCUT2D eigenvalue weighted by molar-refractivity contribution is 5.91. The molecule has 0 unspecified atom stereocenters. The Labute approximate surface area is 141 Å². The topological polar surface area (TPSA) is 51.5 Å². The normalized spacial score (nSPS) is 10.4. The maximum Gasteiger partial charge on any atom is 0.290 e. The maximum absolute atomic E-state index is 12.1. The third kappa shape index (κ3) is 4.26. The van der Waals surface area contributed by atoms with Gasteiger partial charge in [-0.05, 0) is 37.1 Å². The smallest absolute Gasteiger partial charge is 0.290 e. The van der Waals surface area contributed by atoms with Crippen LogP contribution in [0.2, 0.25) is 0 Å². The average Bonchev–Trinajstić information content (AvgIpc) is 3.06. The molecule has 0 spiro atoms. The molecular formula is C20H19NO3. The Morgan fingerprint density at radius 2 is 1.75 bits per heavy atom. The van der Waals surface area contributed by atoms with Crippen LogP contribution in [0.3, 0.4) is 0 Å². The molecule has 3 aromatic rings. The number of hydrogen-bond donors (Lipinski definition) is 1. The van der Waals surface area contributed by atoms with E-state index >= 15 is 0 Å². The second kappa shape index (κ2) is 7.51. The lowest BCUT2D eigenvalue weighted by atomic mass is 10.1. The van der Waals surface area contributed by atoms with Crippen molar-refractivity contribution in [3.05, 3.63) is 83.6 Å². The minimum Gasteiger partial charge on any atom is -0.426 e. The number of carbonyl (C=O) groups excluding carboxylic acids is 1. The molecule has 4 heteroatoms. The molecule has 0 saturated heterocycles. The van der Waals surface area contributed by atoms with Gasteiger partial charge < -0.3 is 14.5 Å². The zero-order valence-corrected chi connectivity index (χ0v) is 13.5. The molecule has 0 saturated carbocycles. The van der Waals surface area contributed by atoms with E-state index in [-0.39, 0.29) is 11.7 Å². The van der Waals surface area contributed by atoms with Crippen molar-refractivity contribution < 1.29 is 13.9 Å². The molecule has 0 aliphatic heterocycles. The summed E-state index contributed by atoms with van der Waals surface area (Å²) in [4.78, 5) is 12.1. The van der Waals surface area contributed by atoms with Crippen LogP contribution in [0.5, 0.6) is 11.7 Å². The summed E-state index contributed by atoms with van der Waals surface area (Å²) in [7, 11) is 0. The van der Waals surface area contributed by atoms with E-state index in [1.165, 1.54) is 5.56 Å². The van der Waals surface area contributed by atoms with Crippen molar-refractivity contribution in [1.29, 1.82) is 0 Å². The third-order valence-electron chi connectivity index (χ3n) is 3.59. The summed E-state index contributed by atoms with van der Waals surface area (Å²) in [6, 6.07) is 20.9. The van der Waals surface area contributed by atoms with E-state index in [4.69, 9.17) is 9.15 Å². The summed E-state index contributed by atoms with van der Waals surface area (Å²) >= 11 is 0. The van der Waals surface area contributed by atoms with Crippen molar-refractivity contribution in [3.63, 3.8) is 0 Å². The molecule has 24 heavy (non-hydrogen) atoms. The Hall–Kier alpha value is -3.01. The van der Waals surface area contributed by atoms with Gasteiger partial charge in [0.25, 0.3) is 11.9 Å². The van der Waals surface area contributed by atoms with Crippen LogP contribution in [0, 0.1) is 6.92 Å². The third-order valence-corrected chi connectivity index (χ3v) is 3.59. The highest BCUT2D eigenvalue weighted by Gasteiger charge is 2.11. The van der Waals surface area contributed by atoms with Crippen LogP contribution in [0.1, 0.15) is 21.7 Å². The van der Waals surface area contributed by atoms with Crippen LogP contribution in [0.4, 0.5) is 0 Å². The van der Waals surface area contributed by atoms with Crippen molar-refractivity contribution in [2.24, 2.45) is 0 Å². The number of carbonyl (C=O) groups is 1. The van der Waals surface area contributed by atoms with Crippen molar-refractivity contribution in [1.82, 2.24) is 5.32 Å². The lowest BCUT2D eigenvalue weighted by molar-refractivity contribution is 0.0921. The molecule has 0 aliphatic carbocycles. The van der Waals surface area contributed by atoms with Gasteiger partial charge in [0.2, 0.25) is 0 Å². The van der Waals surface area contributed by atoms with E-state index in [2.05, 4.69) is 5.32 Å². The van der Waals surface area contributed by atoms with Crippen LogP contribution in [-0.2, 0) is 6.42 Å². The van der Waals surface area contributed by atoms with Gasteiger partial charge in [0.05, 0.1) is 0 Å². The van der Waals surface area contributed by atoms with E-state index < -0.39 is 0 Å². The minimum atomic E-state index is -0.246. The van der Waals surface area contributed by atoms with Crippen LogP contribution in [0.15, 0.2) is 71.1 Å². The van der Waals surface area contributed by atoms with E-state index in [0.717, 1.165) is 12.0 Å². The Balaban J connectivity index is 1.52. The Kier molecular flexibility index (Phi) is 4.96.